The van der Waals surface area contributed by atoms with Crippen molar-refractivity contribution >= 4 is 12.2 Å². The van der Waals surface area contributed by atoms with Crippen LogP contribution >= 0.6 is 0 Å². The van der Waals surface area contributed by atoms with Gasteiger partial charge in [0.25, 0.3) is 6.47 Å². The third-order valence-electron chi connectivity index (χ3n) is 4.56. The largest absolute Gasteiger partial charge is 0.493 e. The second-order valence-electron chi connectivity index (χ2n) is 7.00. The molecule has 2 aromatic carbocycles. The van der Waals surface area contributed by atoms with E-state index >= 15 is 0 Å². The molecule has 0 saturated heterocycles. The molecule has 0 aliphatic rings. The van der Waals surface area contributed by atoms with E-state index < -0.39 is 5.82 Å². The summed E-state index contributed by atoms with van der Waals surface area (Å²) in [4.78, 5) is 12.1. The molecule has 33 heavy (non-hydrogen) atoms. The summed E-state index contributed by atoms with van der Waals surface area (Å²) in [5.74, 6) is -0.131. The third kappa shape index (κ3) is 8.20. The van der Waals surface area contributed by atoms with E-state index in [1.165, 1.54) is 18.3 Å². The van der Waals surface area contributed by atoms with Gasteiger partial charge in [0.05, 0.1) is 12.2 Å². The first-order valence-corrected chi connectivity index (χ1v) is 10.2. The number of ether oxygens (including phenoxy) is 3. The van der Waals surface area contributed by atoms with Gasteiger partial charge in [0.15, 0.2) is 11.6 Å². The Bertz CT molecular complexity index is 1030. The van der Waals surface area contributed by atoms with Crippen LogP contribution in [-0.4, -0.2) is 44.7 Å². The van der Waals surface area contributed by atoms with E-state index in [4.69, 9.17) is 20.9 Å². The fraction of sp³-hybridized carbons (Fsp3) is 0.250. The molecule has 2 rings (SSSR count). The third-order valence-corrected chi connectivity index (χ3v) is 4.56. The minimum atomic E-state index is -0.625. The summed E-state index contributed by atoms with van der Waals surface area (Å²) in [7, 11) is 1.91. The maximum atomic E-state index is 14.6. The van der Waals surface area contributed by atoms with E-state index in [2.05, 4.69) is 4.74 Å². The van der Waals surface area contributed by atoms with Gasteiger partial charge in [0.2, 0.25) is 0 Å². The predicted molar refractivity (Wildman–Crippen MR) is 123 cm³/mol. The maximum Gasteiger partial charge on any atom is 0.293 e. The second kappa shape index (κ2) is 13.4. The summed E-state index contributed by atoms with van der Waals surface area (Å²) in [6.07, 6.45) is 5.24. The Labute approximate surface area is 192 Å². The van der Waals surface area contributed by atoms with E-state index in [0.29, 0.717) is 49.7 Å². The number of benzene rings is 2. The molecule has 9 heteroatoms. The number of nitriles is 1. The van der Waals surface area contributed by atoms with Crippen molar-refractivity contribution in [2.24, 2.45) is 11.5 Å². The van der Waals surface area contributed by atoms with Crippen LogP contribution in [0.4, 0.5) is 4.39 Å². The van der Waals surface area contributed by atoms with Crippen molar-refractivity contribution in [2.45, 2.75) is 6.42 Å². The zero-order valence-electron chi connectivity index (χ0n) is 18.4. The number of nitrogens with zero attached hydrogens (tertiary/aromatic N) is 2. The number of hydrogen-bond donors (Lipinski definition) is 2. The molecule has 0 heterocycles. The zero-order valence-corrected chi connectivity index (χ0v) is 18.4. The van der Waals surface area contributed by atoms with Crippen molar-refractivity contribution in [1.29, 1.82) is 5.26 Å². The van der Waals surface area contributed by atoms with Gasteiger partial charge in [-0.15, -0.1) is 0 Å². The first kappa shape index (κ1) is 25.2. The highest BCUT2D eigenvalue weighted by molar-refractivity contribution is 5.67. The van der Waals surface area contributed by atoms with Crippen LogP contribution in [0.3, 0.4) is 0 Å². The molecule has 0 radical (unpaired) electrons. The van der Waals surface area contributed by atoms with Crippen LogP contribution in [0.15, 0.2) is 54.8 Å². The predicted octanol–water partition coefficient (Wildman–Crippen LogP) is 3.14. The summed E-state index contributed by atoms with van der Waals surface area (Å²) in [5.41, 5.74) is 12.6. The number of likely N-dealkylation sites (N-methyl/N-ethyl adjacent to an activating group) is 1. The van der Waals surface area contributed by atoms with Gasteiger partial charge in [-0.25, -0.2) is 4.39 Å². The van der Waals surface area contributed by atoms with Gasteiger partial charge >= 0.3 is 0 Å². The highest BCUT2D eigenvalue weighted by atomic mass is 19.1. The first-order valence-electron chi connectivity index (χ1n) is 10.2. The quantitative estimate of drug-likeness (QED) is 0.269. The topological polar surface area (TPSA) is 124 Å². The summed E-state index contributed by atoms with van der Waals surface area (Å²) in [5, 5.41) is 9.36. The highest BCUT2D eigenvalue weighted by Crippen LogP contribution is 2.31. The number of nitrogens with two attached hydrogens (primary N) is 2. The molecule has 0 aromatic heterocycles. The fourth-order valence-electron chi connectivity index (χ4n) is 2.80. The average Bonchev–Trinajstić information content (AvgIpc) is 2.82. The van der Waals surface area contributed by atoms with Crippen LogP contribution in [-0.2, 0) is 9.53 Å². The molecule has 0 fully saturated rings. The van der Waals surface area contributed by atoms with Crippen molar-refractivity contribution in [2.75, 3.05) is 33.4 Å². The lowest BCUT2D eigenvalue weighted by Crippen LogP contribution is -2.25. The van der Waals surface area contributed by atoms with Gasteiger partial charge in [-0.3, -0.25) is 4.79 Å². The monoisotopic (exact) mass is 454 g/mol. The van der Waals surface area contributed by atoms with Gasteiger partial charge in [0, 0.05) is 30.4 Å². The maximum absolute atomic E-state index is 14.6. The van der Waals surface area contributed by atoms with Gasteiger partial charge in [-0.2, -0.15) is 5.26 Å². The Balaban J connectivity index is 2.00. The molecule has 0 unspecified atom stereocenters. The number of allylic oxidation sites excluding steroid dienone is 2. The number of hydrogen-bond acceptors (Lipinski definition) is 8. The molecule has 0 atom stereocenters. The lowest BCUT2D eigenvalue weighted by Gasteiger charge is -2.16. The average molecular weight is 455 g/mol. The van der Waals surface area contributed by atoms with Crippen molar-refractivity contribution < 1.29 is 23.4 Å². The molecule has 0 bridgehead atoms. The molecular weight excluding hydrogens is 427 g/mol. The van der Waals surface area contributed by atoms with Crippen molar-refractivity contribution in [3.05, 3.63) is 71.7 Å². The van der Waals surface area contributed by atoms with E-state index in [1.54, 1.807) is 36.4 Å². The standard InChI is InChI=1S/C24H27FN4O4/c1-29(11-13-31-17-30)10-3-12-32-20-7-8-23(21(25)15-20)33-24-14-18(5-6-19(24)16-27)22(28)4-2-9-26/h2,4-9,14-15,17H,3,10-13,26,28H2,1H3/b9-2-,22-4-. The molecule has 0 amide bonds. The van der Waals surface area contributed by atoms with Crippen LogP contribution in [0, 0.1) is 17.1 Å². The number of carbonyl (C=O) groups is 1. The number of rotatable bonds is 13. The minimum absolute atomic E-state index is 0.0460. The molecule has 174 valence electrons. The van der Waals surface area contributed by atoms with Gasteiger partial charge < -0.3 is 30.6 Å². The number of halogens is 1. The van der Waals surface area contributed by atoms with E-state index in [-0.39, 0.29) is 17.1 Å². The van der Waals surface area contributed by atoms with Gasteiger partial charge in [0.1, 0.15) is 24.2 Å². The summed E-state index contributed by atoms with van der Waals surface area (Å²) in [6, 6.07) is 11.1. The van der Waals surface area contributed by atoms with Crippen LogP contribution in [0.25, 0.3) is 5.70 Å². The molecule has 4 N–H and O–H groups in total. The summed E-state index contributed by atoms with van der Waals surface area (Å²) in [6.45, 7) is 2.50. The lowest BCUT2D eigenvalue weighted by molar-refractivity contribution is -0.129. The Morgan fingerprint density at radius 3 is 2.70 bits per heavy atom. The van der Waals surface area contributed by atoms with Crippen molar-refractivity contribution in [3.63, 3.8) is 0 Å². The Hall–Kier alpha value is -4.03. The first-order chi connectivity index (χ1) is 16.0. The zero-order chi connectivity index (χ0) is 24.1. The highest BCUT2D eigenvalue weighted by Gasteiger charge is 2.12. The summed E-state index contributed by atoms with van der Waals surface area (Å²) >= 11 is 0. The SMILES string of the molecule is CN(CCCOc1ccc(Oc2cc(/C(N)=C/C=C\N)ccc2C#N)c(F)c1)CCOC=O. The molecule has 0 aliphatic heterocycles. The lowest BCUT2D eigenvalue weighted by atomic mass is 10.1. The summed E-state index contributed by atoms with van der Waals surface area (Å²) < 4.78 is 30.5. The molecule has 8 nitrogen and oxygen atoms in total. The van der Waals surface area contributed by atoms with E-state index in [0.717, 1.165) is 6.54 Å². The van der Waals surface area contributed by atoms with Crippen LogP contribution < -0.4 is 20.9 Å². The van der Waals surface area contributed by atoms with Crippen LogP contribution in [0.2, 0.25) is 0 Å². The van der Waals surface area contributed by atoms with Crippen molar-refractivity contribution in [3.8, 4) is 23.3 Å². The van der Waals surface area contributed by atoms with Gasteiger partial charge in [-0.1, -0.05) is 6.07 Å². The van der Waals surface area contributed by atoms with E-state index in [1.807, 2.05) is 18.0 Å². The normalized spacial score (nSPS) is 11.4. The fourth-order valence-corrected chi connectivity index (χ4v) is 2.80. The molecular formula is C24H27FN4O4. The second-order valence-corrected chi connectivity index (χ2v) is 7.00. The van der Waals surface area contributed by atoms with Crippen LogP contribution in [0.1, 0.15) is 17.5 Å². The molecule has 0 aliphatic carbocycles. The van der Waals surface area contributed by atoms with Crippen LogP contribution in [0.5, 0.6) is 17.2 Å². The molecule has 0 saturated carbocycles. The Morgan fingerprint density at radius 2 is 2.00 bits per heavy atom. The Morgan fingerprint density at radius 1 is 1.18 bits per heavy atom. The van der Waals surface area contributed by atoms with Crippen molar-refractivity contribution in [1.82, 2.24) is 4.90 Å². The van der Waals surface area contributed by atoms with E-state index in [9.17, 15) is 14.4 Å². The van der Waals surface area contributed by atoms with Gasteiger partial charge in [-0.05, 0) is 56.1 Å². The smallest absolute Gasteiger partial charge is 0.293 e. The number of carbonyl (C=O) groups excluding carboxylic acids is 1. The minimum Gasteiger partial charge on any atom is -0.493 e. The molecule has 0 spiro atoms. The molecule has 2 aromatic rings. The Kier molecular flexibility index (Phi) is 10.2.